The molecule has 0 aliphatic carbocycles. The average Bonchev–Trinajstić information content (AvgIpc) is 2.99. The van der Waals surface area contributed by atoms with Crippen molar-refractivity contribution in [1.82, 2.24) is 4.90 Å². The Bertz CT molecular complexity index is 893. The minimum Gasteiger partial charge on any atom is -0.496 e. The largest absolute Gasteiger partial charge is 0.496 e. The molecule has 1 aromatic carbocycles. The first-order valence-electron chi connectivity index (χ1n) is 9.24. The summed E-state index contributed by atoms with van der Waals surface area (Å²) in [4.78, 5) is 31.6. The lowest BCUT2D eigenvalue weighted by Gasteiger charge is -2.30. The number of carbonyl (C=O) groups is 2. The lowest BCUT2D eigenvalue weighted by atomic mass is 10.00. The highest BCUT2D eigenvalue weighted by atomic mass is 32.2. The number of carbonyl (C=O) groups excluding carboxylic acids is 2. The highest BCUT2D eigenvalue weighted by Crippen LogP contribution is 2.37. The third-order valence-electron chi connectivity index (χ3n) is 4.64. The number of hydrogen-bond donors (Lipinski definition) is 0. The first kappa shape index (κ1) is 21.1. The molecule has 0 aromatic heterocycles. The molecule has 154 valence electrons. The van der Waals surface area contributed by atoms with E-state index in [1.54, 1.807) is 18.9 Å². The second-order valence-electron chi connectivity index (χ2n) is 6.54. The molecule has 1 fully saturated rings. The van der Waals surface area contributed by atoms with Gasteiger partial charge in [0.15, 0.2) is 5.17 Å². The number of ether oxygens (including phenoxy) is 3. The number of rotatable bonds is 7. The molecule has 1 saturated heterocycles. The van der Waals surface area contributed by atoms with E-state index >= 15 is 0 Å². The minimum absolute atomic E-state index is 0.0851. The summed E-state index contributed by atoms with van der Waals surface area (Å²) < 4.78 is 15.7. The number of amidine groups is 1. The fourth-order valence-electron chi connectivity index (χ4n) is 3.18. The molecule has 2 aliphatic rings. The molecular formula is C21H24N2O5S. The second kappa shape index (κ2) is 9.28. The summed E-state index contributed by atoms with van der Waals surface area (Å²) in [5.74, 6) is 0.112. The van der Waals surface area contributed by atoms with E-state index in [0.717, 1.165) is 5.56 Å². The molecule has 0 radical (unpaired) electrons. The van der Waals surface area contributed by atoms with Crippen LogP contribution in [0, 0.1) is 0 Å². The van der Waals surface area contributed by atoms with Crippen molar-refractivity contribution in [2.45, 2.75) is 25.1 Å². The zero-order chi connectivity index (χ0) is 21.0. The summed E-state index contributed by atoms with van der Waals surface area (Å²) in [6, 6.07) is 6.94. The van der Waals surface area contributed by atoms with Crippen LogP contribution in [0.4, 0.5) is 0 Å². The van der Waals surface area contributed by atoms with E-state index in [2.05, 4.69) is 4.99 Å². The van der Waals surface area contributed by atoms with Gasteiger partial charge in [-0.25, -0.2) is 9.79 Å². The number of thioether (sulfide) groups is 1. The van der Waals surface area contributed by atoms with Crippen molar-refractivity contribution < 1.29 is 23.8 Å². The maximum absolute atomic E-state index is 12.8. The molecule has 8 heteroatoms. The number of aliphatic imine (C=N–C) groups is 1. The van der Waals surface area contributed by atoms with E-state index < -0.39 is 12.0 Å². The highest BCUT2D eigenvalue weighted by molar-refractivity contribution is 8.15. The van der Waals surface area contributed by atoms with Crippen LogP contribution >= 0.6 is 11.8 Å². The number of nitrogens with zero attached hydrogens (tertiary/aromatic N) is 2. The first-order valence-corrected chi connectivity index (χ1v) is 10.1. The van der Waals surface area contributed by atoms with E-state index in [-0.39, 0.29) is 17.8 Å². The van der Waals surface area contributed by atoms with Gasteiger partial charge in [0.1, 0.15) is 12.4 Å². The van der Waals surface area contributed by atoms with E-state index in [4.69, 9.17) is 14.2 Å². The van der Waals surface area contributed by atoms with Gasteiger partial charge in [0.05, 0.1) is 36.3 Å². The zero-order valence-corrected chi connectivity index (χ0v) is 17.7. The van der Waals surface area contributed by atoms with Crippen LogP contribution in [0.1, 0.15) is 19.4 Å². The molecule has 2 unspecified atom stereocenters. The molecule has 3 rings (SSSR count). The maximum atomic E-state index is 12.8. The van der Waals surface area contributed by atoms with Crippen molar-refractivity contribution in [3.63, 3.8) is 0 Å². The van der Waals surface area contributed by atoms with Gasteiger partial charge in [-0.05, 0) is 19.9 Å². The van der Waals surface area contributed by atoms with Gasteiger partial charge in [0, 0.05) is 12.7 Å². The van der Waals surface area contributed by atoms with E-state index in [0.29, 0.717) is 28.8 Å². The smallest absolute Gasteiger partial charge is 0.338 e. The fourth-order valence-corrected chi connectivity index (χ4v) is 4.22. The second-order valence-corrected chi connectivity index (χ2v) is 7.84. The SMILES string of the molecule is COCCOC(=O)C1=C(C)N=C2SC(C)C(=O)N2C1/C=C/c1ccccc1OC. The van der Waals surface area contributed by atoms with Crippen LogP contribution in [0.5, 0.6) is 5.75 Å². The predicted molar refractivity (Wildman–Crippen MR) is 113 cm³/mol. The molecule has 7 nitrogen and oxygen atoms in total. The third kappa shape index (κ3) is 4.38. The van der Waals surface area contributed by atoms with Crippen LogP contribution in [0.15, 0.2) is 46.6 Å². The average molecular weight is 416 g/mol. The fraction of sp³-hybridized carbons (Fsp3) is 0.381. The molecule has 0 spiro atoms. The number of amides is 1. The summed E-state index contributed by atoms with van der Waals surface area (Å²) in [5, 5.41) is 0.343. The maximum Gasteiger partial charge on any atom is 0.338 e. The number of methoxy groups -OCH3 is 2. The summed E-state index contributed by atoms with van der Waals surface area (Å²) in [7, 11) is 3.14. The van der Waals surface area contributed by atoms with Gasteiger partial charge < -0.3 is 14.2 Å². The Kier molecular flexibility index (Phi) is 6.76. The molecular weight excluding hydrogens is 392 g/mol. The van der Waals surface area contributed by atoms with Crippen LogP contribution in [-0.2, 0) is 19.1 Å². The lowest BCUT2D eigenvalue weighted by Crippen LogP contribution is -2.45. The Morgan fingerprint density at radius 1 is 1.28 bits per heavy atom. The Balaban J connectivity index is 1.98. The Morgan fingerprint density at radius 2 is 2.03 bits per heavy atom. The number of allylic oxidation sites excluding steroid dienone is 1. The topological polar surface area (TPSA) is 77.4 Å². The summed E-state index contributed by atoms with van der Waals surface area (Å²) in [6.45, 7) is 4.02. The van der Waals surface area contributed by atoms with Crippen molar-refractivity contribution in [1.29, 1.82) is 0 Å². The van der Waals surface area contributed by atoms with E-state index in [9.17, 15) is 9.59 Å². The van der Waals surface area contributed by atoms with Crippen molar-refractivity contribution in [2.75, 3.05) is 27.4 Å². The predicted octanol–water partition coefficient (Wildman–Crippen LogP) is 2.87. The number of esters is 1. The van der Waals surface area contributed by atoms with Crippen LogP contribution in [0.2, 0.25) is 0 Å². The van der Waals surface area contributed by atoms with E-state index in [1.165, 1.54) is 18.9 Å². The number of benzene rings is 1. The molecule has 1 aromatic rings. The van der Waals surface area contributed by atoms with Crippen LogP contribution in [-0.4, -0.2) is 60.7 Å². The summed E-state index contributed by atoms with van der Waals surface area (Å²) in [5.41, 5.74) is 1.73. The first-order chi connectivity index (χ1) is 14.0. The van der Waals surface area contributed by atoms with Gasteiger partial charge >= 0.3 is 5.97 Å². The standard InChI is InChI=1S/C21H24N2O5S/c1-13-18(20(25)28-12-11-26-3)16(23-19(24)14(2)29-21(23)22-13)10-9-15-7-5-6-8-17(15)27-4/h5-10,14,16H,11-12H2,1-4H3/b10-9+. The van der Waals surface area contributed by atoms with Crippen molar-refractivity contribution in [2.24, 2.45) is 4.99 Å². The summed E-state index contributed by atoms with van der Waals surface area (Å²) >= 11 is 1.39. The monoisotopic (exact) mass is 416 g/mol. The van der Waals surface area contributed by atoms with Crippen LogP contribution < -0.4 is 4.74 Å². The number of hydrogen-bond acceptors (Lipinski definition) is 7. The van der Waals surface area contributed by atoms with Gasteiger partial charge in [-0.1, -0.05) is 42.1 Å². The normalized spacial score (nSPS) is 21.4. The quantitative estimate of drug-likeness (QED) is 0.502. The molecule has 2 heterocycles. The molecule has 29 heavy (non-hydrogen) atoms. The Morgan fingerprint density at radius 3 is 2.76 bits per heavy atom. The van der Waals surface area contributed by atoms with Gasteiger partial charge in [-0.2, -0.15) is 0 Å². The van der Waals surface area contributed by atoms with Crippen molar-refractivity contribution in [3.05, 3.63) is 47.2 Å². The van der Waals surface area contributed by atoms with Crippen molar-refractivity contribution >= 4 is 34.9 Å². The number of fused-ring (bicyclic) bond motifs is 1. The molecule has 2 atom stereocenters. The zero-order valence-electron chi connectivity index (χ0n) is 16.9. The van der Waals surface area contributed by atoms with Crippen molar-refractivity contribution in [3.8, 4) is 5.75 Å². The Hall–Kier alpha value is -2.58. The van der Waals surface area contributed by atoms with Gasteiger partial charge in [-0.3, -0.25) is 9.69 Å². The molecule has 0 N–H and O–H groups in total. The van der Waals surface area contributed by atoms with Gasteiger partial charge in [-0.15, -0.1) is 0 Å². The third-order valence-corrected chi connectivity index (χ3v) is 5.69. The minimum atomic E-state index is -0.604. The van der Waals surface area contributed by atoms with Gasteiger partial charge in [0.2, 0.25) is 5.91 Å². The molecule has 0 saturated carbocycles. The number of para-hydroxylation sites is 1. The molecule has 2 aliphatic heterocycles. The van der Waals surface area contributed by atoms with Gasteiger partial charge in [0.25, 0.3) is 0 Å². The van der Waals surface area contributed by atoms with Crippen LogP contribution in [0.25, 0.3) is 6.08 Å². The molecule has 0 bridgehead atoms. The highest BCUT2D eigenvalue weighted by Gasteiger charge is 2.44. The van der Waals surface area contributed by atoms with E-state index in [1.807, 2.05) is 43.3 Å². The summed E-state index contributed by atoms with van der Waals surface area (Å²) in [6.07, 6.45) is 3.67. The van der Waals surface area contributed by atoms with Crippen LogP contribution in [0.3, 0.4) is 0 Å². The molecule has 1 amide bonds. The lowest BCUT2D eigenvalue weighted by molar-refractivity contribution is -0.141. The Labute approximate surface area is 174 Å².